The molecule has 1 amide bonds. The Kier molecular flexibility index (Phi) is 6.88. The van der Waals surface area contributed by atoms with Crippen molar-refractivity contribution < 1.29 is 13.9 Å². The van der Waals surface area contributed by atoms with E-state index in [-0.39, 0.29) is 5.91 Å². The zero-order valence-corrected chi connectivity index (χ0v) is 18.4. The van der Waals surface area contributed by atoms with Gasteiger partial charge in [-0.15, -0.1) is 0 Å². The van der Waals surface area contributed by atoms with Crippen molar-refractivity contribution >= 4 is 29.3 Å². The summed E-state index contributed by atoms with van der Waals surface area (Å²) >= 11 is 7.65. The number of nitrogens with one attached hydrogen (secondary N) is 1. The normalized spacial score (nSPS) is 23.8. The minimum absolute atomic E-state index is 0.151. The van der Waals surface area contributed by atoms with Crippen LogP contribution < -0.4 is 5.32 Å². The first kappa shape index (κ1) is 20.8. The van der Waals surface area contributed by atoms with E-state index in [1.807, 2.05) is 17.1 Å². The van der Waals surface area contributed by atoms with Crippen LogP contribution in [0.1, 0.15) is 62.4 Å². The van der Waals surface area contributed by atoms with E-state index >= 15 is 0 Å². The van der Waals surface area contributed by atoms with E-state index in [1.54, 1.807) is 18.7 Å². The molecule has 1 unspecified atom stereocenters. The number of ether oxygens (including phenoxy) is 1. The number of thioether (sulfide) groups is 1. The maximum absolute atomic E-state index is 11.7. The predicted octanol–water partition coefficient (Wildman–Crippen LogP) is 4.34. The van der Waals surface area contributed by atoms with Gasteiger partial charge in [0.1, 0.15) is 0 Å². The van der Waals surface area contributed by atoms with Crippen molar-refractivity contribution in [2.45, 2.75) is 56.0 Å². The van der Waals surface area contributed by atoms with Crippen molar-refractivity contribution in [2.24, 2.45) is 0 Å². The second kappa shape index (κ2) is 9.58. The molecule has 8 heteroatoms. The molecule has 3 aliphatic heterocycles. The molecule has 2 fully saturated rings. The van der Waals surface area contributed by atoms with E-state index in [2.05, 4.69) is 5.32 Å². The van der Waals surface area contributed by atoms with E-state index in [0.717, 1.165) is 85.1 Å². The van der Waals surface area contributed by atoms with Gasteiger partial charge in [-0.05, 0) is 56.0 Å². The van der Waals surface area contributed by atoms with Crippen molar-refractivity contribution in [2.75, 3.05) is 32.8 Å². The van der Waals surface area contributed by atoms with Crippen LogP contribution in [-0.4, -0.2) is 48.6 Å². The van der Waals surface area contributed by atoms with Crippen LogP contribution >= 0.6 is 23.4 Å². The molecule has 0 bridgehead atoms. The third-order valence-corrected chi connectivity index (χ3v) is 7.05. The Labute approximate surface area is 181 Å². The quantitative estimate of drug-likeness (QED) is 0.755. The zero-order chi connectivity index (χ0) is 20.2. The maximum atomic E-state index is 11.7. The van der Waals surface area contributed by atoms with Gasteiger partial charge in [0.05, 0.1) is 17.3 Å². The van der Waals surface area contributed by atoms with Gasteiger partial charge in [0.2, 0.25) is 5.91 Å². The molecular weight excluding hydrogens is 410 g/mol. The summed E-state index contributed by atoms with van der Waals surface area (Å²) in [5.74, 6) is 1.62. The minimum atomic E-state index is 0.151. The topological polar surface area (TPSA) is 67.6 Å². The Hall–Kier alpha value is -1.44. The summed E-state index contributed by atoms with van der Waals surface area (Å²) < 4.78 is 12.0. The average molecular weight is 438 g/mol. The highest BCUT2D eigenvalue weighted by molar-refractivity contribution is 8.03. The van der Waals surface area contributed by atoms with Gasteiger partial charge in [-0.2, -0.15) is 0 Å². The molecule has 0 radical (unpaired) electrons. The number of hydrogen-bond donors (Lipinski definition) is 1. The van der Waals surface area contributed by atoms with E-state index < -0.39 is 0 Å². The second-order valence-corrected chi connectivity index (χ2v) is 9.35. The van der Waals surface area contributed by atoms with Crippen molar-refractivity contribution in [1.82, 2.24) is 15.2 Å². The number of allylic oxidation sites excluding steroid dienone is 2. The first-order valence-corrected chi connectivity index (χ1v) is 11.6. The Morgan fingerprint density at radius 3 is 2.76 bits per heavy atom. The molecule has 3 aliphatic rings. The number of dihydropyridines is 1. The van der Waals surface area contributed by atoms with Crippen LogP contribution in [0.4, 0.5) is 0 Å². The number of piperidine rings is 1. The lowest BCUT2D eigenvalue weighted by molar-refractivity contribution is -0.129. The number of aromatic nitrogens is 1. The lowest BCUT2D eigenvalue weighted by Gasteiger charge is -2.30. The summed E-state index contributed by atoms with van der Waals surface area (Å²) in [6.07, 6.45) is 8.79. The molecule has 2 saturated heterocycles. The van der Waals surface area contributed by atoms with Gasteiger partial charge < -0.3 is 19.4 Å². The predicted molar refractivity (Wildman–Crippen MR) is 114 cm³/mol. The van der Waals surface area contributed by atoms with E-state index in [0.29, 0.717) is 18.4 Å². The molecule has 158 valence electrons. The standard InChI is InChI=1S/C21H28ClN3O3S/c1-14(26)25-9-6-15(7-10-25)19-21(29-18-5-4-17(22)13-23-18)28-20(24-19)16-3-2-11-27-12-8-16/h4-5,15-16,23H,2-3,6-13H2,1H3. The minimum Gasteiger partial charge on any atom is -0.433 e. The molecule has 29 heavy (non-hydrogen) atoms. The molecule has 0 saturated carbocycles. The summed E-state index contributed by atoms with van der Waals surface area (Å²) in [5, 5.41) is 6.02. The molecule has 1 atom stereocenters. The first-order valence-electron chi connectivity index (χ1n) is 10.4. The summed E-state index contributed by atoms with van der Waals surface area (Å²) in [4.78, 5) is 18.6. The van der Waals surface area contributed by atoms with Gasteiger partial charge in [0.15, 0.2) is 11.0 Å². The van der Waals surface area contributed by atoms with E-state index in [4.69, 9.17) is 25.7 Å². The number of hydrogen-bond acceptors (Lipinski definition) is 6. The van der Waals surface area contributed by atoms with Gasteiger partial charge in [0.25, 0.3) is 0 Å². The molecule has 4 rings (SSSR count). The number of carbonyl (C=O) groups is 1. The van der Waals surface area contributed by atoms with Crippen molar-refractivity contribution in [3.63, 3.8) is 0 Å². The molecule has 6 nitrogen and oxygen atoms in total. The summed E-state index contributed by atoms with van der Waals surface area (Å²) in [6.45, 7) is 5.42. The van der Waals surface area contributed by atoms with Gasteiger partial charge in [-0.1, -0.05) is 11.6 Å². The van der Waals surface area contributed by atoms with Crippen molar-refractivity contribution in [3.8, 4) is 0 Å². The first-order chi connectivity index (χ1) is 14.1. The summed E-state index contributed by atoms with van der Waals surface area (Å²) in [5.41, 5.74) is 1.04. The number of nitrogens with zero attached hydrogens (tertiary/aromatic N) is 2. The SMILES string of the molecule is CC(=O)N1CCC(c2nc(C3CCCOCC3)oc2SC2=CC=C(Cl)CN2)CC1. The third kappa shape index (κ3) is 5.19. The van der Waals surface area contributed by atoms with Crippen LogP contribution in [0.25, 0.3) is 0 Å². The Balaban J connectivity index is 1.56. The molecule has 1 aromatic rings. The highest BCUT2D eigenvalue weighted by Crippen LogP contribution is 2.40. The lowest BCUT2D eigenvalue weighted by Crippen LogP contribution is -2.36. The number of rotatable bonds is 4. The monoisotopic (exact) mass is 437 g/mol. The van der Waals surface area contributed by atoms with Crippen molar-refractivity contribution in [3.05, 3.63) is 33.8 Å². The number of halogens is 1. The molecule has 0 spiro atoms. The lowest BCUT2D eigenvalue weighted by atomic mass is 9.94. The molecule has 4 heterocycles. The van der Waals surface area contributed by atoms with Crippen LogP contribution in [0.3, 0.4) is 0 Å². The average Bonchev–Trinajstić information content (AvgIpc) is 2.95. The fraction of sp³-hybridized carbons (Fsp3) is 0.619. The molecule has 0 aliphatic carbocycles. The molecule has 0 aromatic carbocycles. The Morgan fingerprint density at radius 2 is 2.03 bits per heavy atom. The molecule has 1 N–H and O–H groups in total. The Morgan fingerprint density at radius 1 is 1.21 bits per heavy atom. The number of oxazole rings is 1. The second-order valence-electron chi connectivity index (χ2n) is 7.85. The highest BCUT2D eigenvalue weighted by Gasteiger charge is 2.30. The molecular formula is C21H28ClN3O3S. The largest absolute Gasteiger partial charge is 0.433 e. The van der Waals surface area contributed by atoms with Gasteiger partial charge in [0, 0.05) is 50.1 Å². The summed E-state index contributed by atoms with van der Waals surface area (Å²) in [7, 11) is 0. The van der Waals surface area contributed by atoms with E-state index in [9.17, 15) is 4.79 Å². The van der Waals surface area contributed by atoms with Crippen LogP contribution in [0, 0.1) is 0 Å². The van der Waals surface area contributed by atoms with Crippen LogP contribution in [0.5, 0.6) is 0 Å². The smallest absolute Gasteiger partial charge is 0.219 e. The van der Waals surface area contributed by atoms with Crippen molar-refractivity contribution in [1.29, 1.82) is 0 Å². The summed E-state index contributed by atoms with van der Waals surface area (Å²) in [6, 6.07) is 0. The zero-order valence-electron chi connectivity index (χ0n) is 16.8. The fourth-order valence-corrected chi connectivity index (χ4v) is 5.14. The third-order valence-electron chi connectivity index (χ3n) is 5.81. The number of likely N-dealkylation sites (tertiary alicyclic amines) is 1. The fourth-order valence-electron chi connectivity index (χ4n) is 4.08. The van der Waals surface area contributed by atoms with Crippen LogP contribution in [0.2, 0.25) is 0 Å². The van der Waals surface area contributed by atoms with Crippen LogP contribution in [-0.2, 0) is 9.53 Å². The Bertz CT molecular complexity index is 791. The molecule has 1 aromatic heterocycles. The van der Waals surface area contributed by atoms with E-state index in [1.165, 1.54) is 0 Å². The van der Waals surface area contributed by atoms with Gasteiger partial charge >= 0.3 is 0 Å². The van der Waals surface area contributed by atoms with Gasteiger partial charge in [-0.3, -0.25) is 4.79 Å². The van der Waals surface area contributed by atoms with Crippen LogP contribution in [0.15, 0.2) is 31.7 Å². The number of amides is 1. The number of carbonyl (C=O) groups excluding carboxylic acids is 1. The maximum Gasteiger partial charge on any atom is 0.219 e. The highest BCUT2D eigenvalue weighted by atomic mass is 35.5. The van der Waals surface area contributed by atoms with Gasteiger partial charge in [-0.25, -0.2) is 4.98 Å².